The van der Waals surface area contributed by atoms with Crippen LogP contribution in [-0.4, -0.2) is 30.9 Å². The lowest BCUT2D eigenvalue weighted by Crippen LogP contribution is -2.36. The van der Waals surface area contributed by atoms with Crippen molar-refractivity contribution in [1.29, 1.82) is 5.26 Å². The Morgan fingerprint density at radius 1 is 1.48 bits per heavy atom. The molecule has 0 saturated carbocycles. The van der Waals surface area contributed by atoms with Gasteiger partial charge in [0.05, 0.1) is 11.8 Å². The molecule has 1 aliphatic heterocycles. The SMILES string of the molecule is N#CC(=NNc1ccc(F)cc1)C(=O)NCC1CCCO1. The number of halogens is 1. The van der Waals surface area contributed by atoms with Gasteiger partial charge in [0.15, 0.2) is 0 Å². The van der Waals surface area contributed by atoms with Crippen LogP contribution in [0.4, 0.5) is 10.1 Å². The number of nitrogens with one attached hydrogen (secondary N) is 2. The normalized spacial score (nSPS) is 18.1. The van der Waals surface area contributed by atoms with Gasteiger partial charge in [0.2, 0.25) is 5.71 Å². The number of nitrogens with zero attached hydrogens (tertiary/aromatic N) is 2. The second kappa shape index (κ2) is 7.36. The van der Waals surface area contributed by atoms with E-state index in [0.29, 0.717) is 18.8 Å². The minimum absolute atomic E-state index is 0.000972. The minimum atomic E-state index is -0.567. The number of rotatable bonds is 5. The van der Waals surface area contributed by atoms with Crippen molar-refractivity contribution < 1.29 is 13.9 Å². The van der Waals surface area contributed by atoms with Gasteiger partial charge in [0.25, 0.3) is 5.91 Å². The smallest absolute Gasteiger partial charge is 0.282 e. The van der Waals surface area contributed by atoms with E-state index in [-0.39, 0.29) is 17.6 Å². The second-order valence-electron chi connectivity index (χ2n) is 4.54. The molecule has 1 aliphatic rings. The molecule has 1 saturated heterocycles. The zero-order valence-corrected chi connectivity index (χ0v) is 11.3. The van der Waals surface area contributed by atoms with Gasteiger partial charge >= 0.3 is 0 Å². The molecule has 0 radical (unpaired) electrons. The number of hydrogen-bond acceptors (Lipinski definition) is 5. The topological polar surface area (TPSA) is 86.5 Å². The highest BCUT2D eigenvalue weighted by Gasteiger charge is 2.18. The van der Waals surface area contributed by atoms with Crippen LogP contribution in [0.25, 0.3) is 0 Å². The Kier molecular flexibility index (Phi) is 5.23. The van der Waals surface area contributed by atoms with Crippen molar-refractivity contribution in [3.05, 3.63) is 30.1 Å². The maximum atomic E-state index is 12.7. The summed E-state index contributed by atoms with van der Waals surface area (Å²) in [5.74, 6) is -0.943. The molecule has 0 aromatic heterocycles. The minimum Gasteiger partial charge on any atom is -0.376 e. The maximum absolute atomic E-state index is 12.7. The lowest BCUT2D eigenvalue weighted by atomic mass is 10.2. The van der Waals surface area contributed by atoms with E-state index in [1.54, 1.807) is 6.07 Å². The standard InChI is InChI=1S/C14H15FN4O2/c15-10-3-5-11(6-4-10)18-19-13(8-16)14(20)17-9-12-2-1-7-21-12/h3-6,12,18H,1-2,7,9H2,(H,17,20). The number of carbonyl (C=O) groups excluding carboxylic acids is 1. The van der Waals surface area contributed by atoms with E-state index >= 15 is 0 Å². The number of benzene rings is 1. The molecule has 110 valence electrons. The molecule has 2 N–H and O–H groups in total. The number of nitriles is 1. The first-order valence-corrected chi connectivity index (χ1v) is 6.58. The lowest BCUT2D eigenvalue weighted by molar-refractivity contribution is -0.115. The van der Waals surface area contributed by atoms with Crippen molar-refractivity contribution in [3.8, 4) is 6.07 Å². The van der Waals surface area contributed by atoms with Crippen LogP contribution >= 0.6 is 0 Å². The van der Waals surface area contributed by atoms with Crippen molar-refractivity contribution in [1.82, 2.24) is 5.32 Å². The van der Waals surface area contributed by atoms with E-state index in [1.807, 2.05) is 0 Å². The first-order valence-electron chi connectivity index (χ1n) is 6.58. The third-order valence-corrected chi connectivity index (χ3v) is 2.98. The molecule has 1 amide bonds. The predicted molar refractivity (Wildman–Crippen MR) is 75.1 cm³/mol. The van der Waals surface area contributed by atoms with Crippen molar-refractivity contribution in [2.24, 2.45) is 5.10 Å². The Balaban J connectivity index is 1.88. The quantitative estimate of drug-likeness (QED) is 0.634. The number of hydrogen-bond donors (Lipinski definition) is 2. The highest BCUT2D eigenvalue weighted by molar-refractivity contribution is 6.45. The summed E-state index contributed by atoms with van der Waals surface area (Å²) in [5.41, 5.74) is 2.73. The first-order chi connectivity index (χ1) is 10.2. The molecule has 1 unspecified atom stereocenters. The average Bonchev–Trinajstić information content (AvgIpc) is 3.01. The van der Waals surface area contributed by atoms with Crippen LogP contribution in [0.1, 0.15) is 12.8 Å². The Hall–Kier alpha value is -2.46. The van der Waals surface area contributed by atoms with Crippen LogP contribution in [0.15, 0.2) is 29.4 Å². The fourth-order valence-corrected chi connectivity index (χ4v) is 1.87. The second-order valence-corrected chi connectivity index (χ2v) is 4.54. The first kappa shape index (κ1) is 14.9. The fraction of sp³-hybridized carbons (Fsp3) is 0.357. The van der Waals surface area contributed by atoms with Gasteiger partial charge in [-0.3, -0.25) is 10.2 Å². The predicted octanol–water partition coefficient (Wildman–Crippen LogP) is 1.41. The van der Waals surface area contributed by atoms with Gasteiger partial charge in [0, 0.05) is 13.2 Å². The van der Waals surface area contributed by atoms with Gasteiger partial charge in [0.1, 0.15) is 11.9 Å². The van der Waals surface area contributed by atoms with Crippen LogP contribution < -0.4 is 10.7 Å². The Morgan fingerprint density at radius 3 is 2.86 bits per heavy atom. The van der Waals surface area contributed by atoms with Crippen molar-refractivity contribution in [2.75, 3.05) is 18.6 Å². The van der Waals surface area contributed by atoms with Gasteiger partial charge in [-0.05, 0) is 37.1 Å². The van der Waals surface area contributed by atoms with Crippen LogP contribution in [0.5, 0.6) is 0 Å². The molecule has 0 aliphatic carbocycles. The summed E-state index contributed by atoms with van der Waals surface area (Å²) < 4.78 is 18.1. The molecular formula is C14H15FN4O2. The monoisotopic (exact) mass is 290 g/mol. The Morgan fingerprint density at radius 2 is 2.24 bits per heavy atom. The average molecular weight is 290 g/mol. The highest BCUT2D eigenvalue weighted by atomic mass is 19.1. The maximum Gasteiger partial charge on any atom is 0.282 e. The third kappa shape index (κ3) is 4.54. The molecule has 1 atom stereocenters. The van der Waals surface area contributed by atoms with Crippen LogP contribution in [-0.2, 0) is 9.53 Å². The van der Waals surface area contributed by atoms with E-state index in [4.69, 9.17) is 10.00 Å². The van der Waals surface area contributed by atoms with Gasteiger partial charge in [-0.15, -0.1) is 0 Å². The van der Waals surface area contributed by atoms with Gasteiger partial charge < -0.3 is 10.1 Å². The summed E-state index contributed by atoms with van der Waals surface area (Å²) in [6, 6.07) is 7.14. The van der Waals surface area contributed by atoms with Crippen molar-refractivity contribution in [2.45, 2.75) is 18.9 Å². The molecule has 2 rings (SSSR count). The zero-order chi connectivity index (χ0) is 15.1. The van der Waals surface area contributed by atoms with Crippen LogP contribution in [0.2, 0.25) is 0 Å². The molecule has 1 fully saturated rings. The van der Waals surface area contributed by atoms with E-state index in [1.165, 1.54) is 24.3 Å². The molecule has 1 aromatic rings. The summed E-state index contributed by atoms with van der Waals surface area (Å²) in [4.78, 5) is 11.8. The molecule has 7 heteroatoms. The van der Waals surface area contributed by atoms with E-state index in [0.717, 1.165) is 12.8 Å². The molecule has 0 spiro atoms. The number of anilines is 1. The van der Waals surface area contributed by atoms with E-state index in [2.05, 4.69) is 15.8 Å². The Bertz CT molecular complexity index is 559. The highest BCUT2D eigenvalue weighted by Crippen LogP contribution is 2.10. The summed E-state index contributed by atoms with van der Waals surface area (Å²) in [7, 11) is 0. The number of carbonyl (C=O) groups is 1. The molecule has 21 heavy (non-hydrogen) atoms. The number of amides is 1. The molecule has 6 nitrogen and oxygen atoms in total. The number of ether oxygens (including phenoxy) is 1. The summed E-state index contributed by atoms with van der Waals surface area (Å²) in [6.07, 6.45) is 1.87. The van der Waals surface area contributed by atoms with Gasteiger partial charge in [-0.2, -0.15) is 10.4 Å². The largest absolute Gasteiger partial charge is 0.376 e. The summed E-state index contributed by atoms with van der Waals surface area (Å²) in [6.45, 7) is 1.06. The van der Waals surface area contributed by atoms with E-state index in [9.17, 15) is 9.18 Å². The molecule has 0 bridgehead atoms. The van der Waals surface area contributed by atoms with Gasteiger partial charge in [-0.1, -0.05) is 0 Å². The third-order valence-electron chi connectivity index (χ3n) is 2.98. The molecule has 1 heterocycles. The zero-order valence-electron chi connectivity index (χ0n) is 11.3. The van der Waals surface area contributed by atoms with Crippen LogP contribution in [0, 0.1) is 17.1 Å². The molecular weight excluding hydrogens is 275 g/mol. The summed E-state index contributed by atoms with van der Waals surface area (Å²) >= 11 is 0. The number of hydrazone groups is 1. The summed E-state index contributed by atoms with van der Waals surface area (Å²) in [5, 5.41) is 15.3. The fourth-order valence-electron chi connectivity index (χ4n) is 1.87. The molecule has 1 aromatic carbocycles. The van der Waals surface area contributed by atoms with Crippen LogP contribution in [0.3, 0.4) is 0 Å². The van der Waals surface area contributed by atoms with Gasteiger partial charge in [-0.25, -0.2) is 4.39 Å². The van der Waals surface area contributed by atoms with Crippen molar-refractivity contribution >= 4 is 17.3 Å². The Labute approximate surface area is 121 Å². The lowest BCUT2D eigenvalue weighted by Gasteiger charge is -2.09. The van der Waals surface area contributed by atoms with E-state index < -0.39 is 5.91 Å². The van der Waals surface area contributed by atoms with Crippen molar-refractivity contribution in [3.63, 3.8) is 0 Å².